The highest BCUT2D eigenvalue weighted by Gasteiger charge is 2.25. The number of morpholine rings is 1. The van der Waals surface area contributed by atoms with Gasteiger partial charge in [-0.15, -0.1) is 0 Å². The molecule has 1 aliphatic rings. The molecule has 4 rings (SSSR count). The summed E-state index contributed by atoms with van der Waals surface area (Å²) in [4.78, 5) is 16.1. The van der Waals surface area contributed by atoms with E-state index in [0.29, 0.717) is 17.1 Å². The number of carbonyl (C=O) groups excluding carboxylic acids is 1. The second-order valence-corrected chi connectivity index (χ2v) is 7.45. The van der Waals surface area contributed by atoms with Gasteiger partial charge in [0.15, 0.2) is 17.3 Å². The third-order valence-corrected chi connectivity index (χ3v) is 5.85. The van der Waals surface area contributed by atoms with Crippen molar-refractivity contribution in [3.8, 4) is 11.5 Å². The number of ether oxygens (including phenoxy) is 3. The SMILES string of the molecule is COc1cccc(C(=O)c2c(C)n(CCN3CCOCC3)c3ccccc23)c1OC. The molecule has 2 heterocycles. The van der Waals surface area contributed by atoms with E-state index < -0.39 is 0 Å². The van der Waals surface area contributed by atoms with Gasteiger partial charge in [0, 0.05) is 42.8 Å². The van der Waals surface area contributed by atoms with Gasteiger partial charge < -0.3 is 18.8 Å². The lowest BCUT2D eigenvalue weighted by Gasteiger charge is -2.27. The molecule has 1 fully saturated rings. The molecule has 0 atom stereocenters. The average Bonchev–Trinajstić information content (AvgIpc) is 3.08. The van der Waals surface area contributed by atoms with Gasteiger partial charge in [-0.25, -0.2) is 0 Å². The molecule has 0 bridgehead atoms. The predicted molar refractivity (Wildman–Crippen MR) is 117 cm³/mol. The lowest BCUT2D eigenvalue weighted by Crippen LogP contribution is -2.38. The predicted octanol–water partition coefficient (Wildman–Crippen LogP) is 3.53. The van der Waals surface area contributed by atoms with Crippen LogP contribution in [0.25, 0.3) is 10.9 Å². The summed E-state index contributed by atoms with van der Waals surface area (Å²) in [5, 5.41) is 0.965. The molecule has 6 heteroatoms. The molecule has 0 spiro atoms. The number of hydrogen-bond donors (Lipinski definition) is 0. The number of benzene rings is 2. The van der Waals surface area contributed by atoms with Crippen LogP contribution in [-0.4, -0.2) is 62.3 Å². The van der Waals surface area contributed by atoms with Crippen molar-refractivity contribution in [3.05, 3.63) is 59.3 Å². The Labute approximate surface area is 176 Å². The summed E-state index contributed by atoms with van der Waals surface area (Å²) in [6.45, 7) is 7.25. The minimum Gasteiger partial charge on any atom is -0.493 e. The smallest absolute Gasteiger partial charge is 0.199 e. The summed E-state index contributed by atoms with van der Waals surface area (Å²) in [6, 6.07) is 13.5. The first kappa shape index (κ1) is 20.4. The maximum atomic E-state index is 13.7. The highest BCUT2D eigenvalue weighted by Crippen LogP contribution is 2.35. The molecule has 2 aromatic carbocycles. The van der Waals surface area contributed by atoms with Gasteiger partial charge in [0.1, 0.15) is 0 Å². The maximum Gasteiger partial charge on any atom is 0.199 e. The lowest BCUT2D eigenvalue weighted by molar-refractivity contribution is 0.0365. The molecule has 0 unspecified atom stereocenters. The first-order chi connectivity index (χ1) is 14.7. The molecular weight excluding hydrogens is 380 g/mol. The number of carbonyl (C=O) groups is 1. The Morgan fingerprint density at radius 3 is 2.50 bits per heavy atom. The Hall–Kier alpha value is -2.83. The van der Waals surface area contributed by atoms with Crippen LogP contribution in [0.5, 0.6) is 11.5 Å². The van der Waals surface area contributed by atoms with Gasteiger partial charge >= 0.3 is 0 Å². The molecule has 30 heavy (non-hydrogen) atoms. The second kappa shape index (κ2) is 8.90. The van der Waals surface area contributed by atoms with Gasteiger partial charge in [-0.2, -0.15) is 0 Å². The molecule has 0 N–H and O–H groups in total. The zero-order chi connectivity index (χ0) is 21.1. The van der Waals surface area contributed by atoms with E-state index in [1.54, 1.807) is 26.4 Å². The number of aromatic nitrogens is 1. The molecule has 0 saturated carbocycles. The van der Waals surface area contributed by atoms with Crippen LogP contribution >= 0.6 is 0 Å². The van der Waals surface area contributed by atoms with Gasteiger partial charge in [0.2, 0.25) is 0 Å². The fraction of sp³-hybridized carbons (Fsp3) is 0.375. The molecule has 1 aliphatic heterocycles. The van der Waals surface area contributed by atoms with Crippen molar-refractivity contribution in [1.82, 2.24) is 9.47 Å². The molecule has 6 nitrogen and oxygen atoms in total. The summed E-state index contributed by atoms with van der Waals surface area (Å²) < 4.78 is 18.6. The van der Waals surface area contributed by atoms with Crippen molar-refractivity contribution in [2.45, 2.75) is 13.5 Å². The monoisotopic (exact) mass is 408 g/mol. The van der Waals surface area contributed by atoms with Gasteiger partial charge in [-0.1, -0.05) is 24.3 Å². The topological polar surface area (TPSA) is 52.9 Å². The molecule has 0 aliphatic carbocycles. The van der Waals surface area contributed by atoms with Crippen LogP contribution in [-0.2, 0) is 11.3 Å². The van der Waals surface area contributed by atoms with Crippen LogP contribution in [0.4, 0.5) is 0 Å². The number of para-hydroxylation sites is 2. The van der Waals surface area contributed by atoms with Crippen molar-refractivity contribution >= 4 is 16.7 Å². The van der Waals surface area contributed by atoms with Crippen LogP contribution < -0.4 is 9.47 Å². The summed E-state index contributed by atoms with van der Waals surface area (Å²) in [5.41, 5.74) is 3.28. The molecule has 1 saturated heterocycles. The average molecular weight is 408 g/mol. The van der Waals surface area contributed by atoms with Gasteiger partial charge in [-0.3, -0.25) is 9.69 Å². The van der Waals surface area contributed by atoms with Crippen LogP contribution in [0.3, 0.4) is 0 Å². The van der Waals surface area contributed by atoms with Crippen molar-refractivity contribution < 1.29 is 19.0 Å². The Morgan fingerprint density at radius 2 is 1.77 bits per heavy atom. The zero-order valence-corrected chi connectivity index (χ0v) is 17.8. The van der Waals surface area contributed by atoms with E-state index in [4.69, 9.17) is 14.2 Å². The van der Waals surface area contributed by atoms with Crippen molar-refractivity contribution in [2.75, 3.05) is 47.1 Å². The first-order valence-electron chi connectivity index (χ1n) is 10.3. The lowest BCUT2D eigenvalue weighted by atomic mass is 9.99. The number of nitrogens with zero attached hydrogens (tertiary/aromatic N) is 2. The number of fused-ring (bicyclic) bond motifs is 1. The van der Waals surface area contributed by atoms with Crippen LogP contribution in [0.2, 0.25) is 0 Å². The third-order valence-electron chi connectivity index (χ3n) is 5.85. The zero-order valence-electron chi connectivity index (χ0n) is 17.8. The fourth-order valence-electron chi connectivity index (χ4n) is 4.27. The van der Waals surface area contributed by atoms with Crippen LogP contribution in [0.1, 0.15) is 21.6 Å². The summed E-state index contributed by atoms with van der Waals surface area (Å²) in [7, 11) is 3.14. The van der Waals surface area contributed by atoms with Crippen molar-refractivity contribution in [2.24, 2.45) is 0 Å². The normalized spacial score (nSPS) is 14.8. The molecule has 1 aromatic heterocycles. The van der Waals surface area contributed by atoms with E-state index in [-0.39, 0.29) is 5.78 Å². The van der Waals surface area contributed by atoms with E-state index in [1.165, 1.54) is 0 Å². The molecule has 0 radical (unpaired) electrons. The van der Waals surface area contributed by atoms with Crippen molar-refractivity contribution in [1.29, 1.82) is 0 Å². The summed E-state index contributed by atoms with van der Waals surface area (Å²) in [5.74, 6) is 0.969. The number of rotatable bonds is 7. The van der Waals surface area contributed by atoms with Gasteiger partial charge in [0.25, 0.3) is 0 Å². The Morgan fingerprint density at radius 1 is 1.00 bits per heavy atom. The van der Waals surface area contributed by atoms with Crippen molar-refractivity contribution in [3.63, 3.8) is 0 Å². The van der Waals surface area contributed by atoms with E-state index >= 15 is 0 Å². The standard InChI is InChI=1S/C24H28N2O4/c1-17-22(23(27)19-8-6-10-21(28-2)24(19)29-3)18-7-4-5-9-20(18)26(17)12-11-25-13-15-30-16-14-25/h4-10H,11-16H2,1-3H3. The fourth-order valence-corrected chi connectivity index (χ4v) is 4.27. The number of methoxy groups -OCH3 is 2. The minimum absolute atomic E-state index is 0.0513. The highest BCUT2D eigenvalue weighted by molar-refractivity contribution is 6.19. The summed E-state index contributed by atoms with van der Waals surface area (Å²) in [6.07, 6.45) is 0. The Kier molecular flexibility index (Phi) is 6.06. The largest absolute Gasteiger partial charge is 0.493 e. The maximum absolute atomic E-state index is 13.7. The van der Waals surface area contributed by atoms with Crippen LogP contribution in [0, 0.1) is 6.92 Å². The quantitative estimate of drug-likeness (QED) is 0.560. The van der Waals surface area contributed by atoms with Crippen LogP contribution in [0.15, 0.2) is 42.5 Å². The first-order valence-corrected chi connectivity index (χ1v) is 10.3. The van der Waals surface area contributed by atoms with E-state index in [0.717, 1.165) is 61.6 Å². The molecule has 158 valence electrons. The minimum atomic E-state index is -0.0513. The van der Waals surface area contributed by atoms with E-state index in [2.05, 4.69) is 15.5 Å². The number of hydrogen-bond acceptors (Lipinski definition) is 5. The van der Waals surface area contributed by atoms with Gasteiger partial charge in [-0.05, 0) is 25.1 Å². The third kappa shape index (κ3) is 3.68. The van der Waals surface area contributed by atoms with E-state index in [9.17, 15) is 4.79 Å². The second-order valence-electron chi connectivity index (χ2n) is 7.45. The molecule has 3 aromatic rings. The highest BCUT2D eigenvalue weighted by atomic mass is 16.5. The molecule has 0 amide bonds. The van der Waals surface area contributed by atoms with E-state index in [1.807, 2.05) is 31.2 Å². The summed E-state index contributed by atoms with van der Waals surface area (Å²) >= 11 is 0. The van der Waals surface area contributed by atoms with Gasteiger partial charge in [0.05, 0.1) is 38.6 Å². The Balaban J connectivity index is 1.75. The molecular formula is C24H28N2O4. The Bertz CT molecular complexity index is 1050. The number of ketones is 1.